The molecule has 0 fully saturated rings. The van der Waals surface area contributed by atoms with Gasteiger partial charge in [0, 0.05) is 23.2 Å². The van der Waals surface area contributed by atoms with Gasteiger partial charge in [0.05, 0.1) is 11.1 Å². The lowest BCUT2D eigenvalue weighted by atomic mass is 10.4. The first kappa shape index (κ1) is 11.2. The molecule has 0 aromatic carbocycles. The predicted octanol–water partition coefficient (Wildman–Crippen LogP) is 2.50. The van der Waals surface area contributed by atoms with Crippen LogP contribution in [0.2, 0.25) is 0 Å². The molecule has 0 atom stereocenters. The van der Waals surface area contributed by atoms with Crippen molar-refractivity contribution in [2.75, 3.05) is 5.43 Å². The Balaban J connectivity index is 1.98. The third kappa shape index (κ3) is 3.08. The standard InChI is InChI=1S/C10H8N4O2S/c15-14(16)10-5-8(7-17-10)6-12-13-9-3-1-2-4-11-9/h1-7H,(H,11,13). The van der Waals surface area contributed by atoms with E-state index in [4.69, 9.17) is 0 Å². The Kier molecular flexibility index (Phi) is 3.41. The van der Waals surface area contributed by atoms with E-state index in [1.54, 1.807) is 23.7 Å². The molecule has 0 radical (unpaired) electrons. The third-order valence-corrected chi connectivity index (χ3v) is 2.74. The van der Waals surface area contributed by atoms with Gasteiger partial charge in [-0.05, 0) is 12.1 Å². The number of pyridine rings is 1. The lowest BCUT2D eigenvalue weighted by molar-refractivity contribution is -0.380. The summed E-state index contributed by atoms with van der Waals surface area (Å²) < 4.78 is 0. The quantitative estimate of drug-likeness (QED) is 0.512. The Morgan fingerprint density at radius 3 is 3.06 bits per heavy atom. The zero-order chi connectivity index (χ0) is 12.1. The average molecular weight is 248 g/mol. The second kappa shape index (κ2) is 5.17. The maximum atomic E-state index is 10.5. The lowest BCUT2D eigenvalue weighted by Gasteiger charge is -1.95. The van der Waals surface area contributed by atoms with E-state index in [1.807, 2.05) is 6.07 Å². The Bertz CT molecular complexity index is 538. The fourth-order valence-electron chi connectivity index (χ4n) is 1.10. The number of rotatable bonds is 4. The molecule has 6 nitrogen and oxygen atoms in total. The van der Waals surface area contributed by atoms with Crippen molar-refractivity contribution in [3.05, 3.63) is 51.5 Å². The van der Waals surface area contributed by atoms with Crippen molar-refractivity contribution in [2.24, 2.45) is 5.10 Å². The minimum atomic E-state index is -0.422. The van der Waals surface area contributed by atoms with Crippen LogP contribution >= 0.6 is 11.3 Å². The summed E-state index contributed by atoms with van der Waals surface area (Å²) in [5.74, 6) is 0.619. The van der Waals surface area contributed by atoms with Gasteiger partial charge in [-0.15, -0.1) is 0 Å². The van der Waals surface area contributed by atoms with Crippen LogP contribution in [0.25, 0.3) is 0 Å². The molecule has 17 heavy (non-hydrogen) atoms. The van der Waals surface area contributed by atoms with E-state index in [0.29, 0.717) is 11.4 Å². The summed E-state index contributed by atoms with van der Waals surface area (Å²) >= 11 is 1.07. The van der Waals surface area contributed by atoms with Gasteiger partial charge < -0.3 is 0 Å². The summed E-state index contributed by atoms with van der Waals surface area (Å²) in [6, 6.07) is 6.87. The third-order valence-electron chi connectivity index (χ3n) is 1.84. The molecule has 0 saturated carbocycles. The van der Waals surface area contributed by atoms with Crippen molar-refractivity contribution in [3.63, 3.8) is 0 Å². The van der Waals surface area contributed by atoms with E-state index in [-0.39, 0.29) is 5.00 Å². The maximum Gasteiger partial charge on any atom is 0.324 e. The highest BCUT2D eigenvalue weighted by Crippen LogP contribution is 2.21. The van der Waals surface area contributed by atoms with Crippen LogP contribution in [-0.2, 0) is 0 Å². The van der Waals surface area contributed by atoms with E-state index in [2.05, 4.69) is 15.5 Å². The van der Waals surface area contributed by atoms with Crippen molar-refractivity contribution < 1.29 is 4.92 Å². The SMILES string of the molecule is O=[N+]([O-])c1cc(C=NNc2ccccn2)cs1. The van der Waals surface area contributed by atoms with Crippen LogP contribution in [0.15, 0.2) is 40.9 Å². The first-order valence-corrected chi connectivity index (χ1v) is 5.57. The van der Waals surface area contributed by atoms with Crippen LogP contribution in [0, 0.1) is 10.1 Å². The predicted molar refractivity (Wildman–Crippen MR) is 66.4 cm³/mol. The molecule has 0 aliphatic carbocycles. The van der Waals surface area contributed by atoms with E-state index in [9.17, 15) is 10.1 Å². The molecule has 2 aromatic rings. The van der Waals surface area contributed by atoms with E-state index in [1.165, 1.54) is 12.3 Å². The molecule has 7 heteroatoms. The van der Waals surface area contributed by atoms with Gasteiger partial charge in [0.25, 0.3) is 0 Å². The van der Waals surface area contributed by atoms with Gasteiger partial charge in [-0.2, -0.15) is 5.10 Å². The Morgan fingerprint density at radius 1 is 1.53 bits per heavy atom. The Morgan fingerprint density at radius 2 is 2.41 bits per heavy atom. The smallest absolute Gasteiger partial charge is 0.261 e. The number of hydrazone groups is 1. The first-order chi connectivity index (χ1) is 8.25. The molecule has 2 heterocycles. The number of hydrogen-bond acceptors (Lipinski definition) is 6. The van der Waals surface area contributed by atoms with Gasteiger partial charge >= 0.3 is 5.00 Å². The number of thiophene rings is 1. The molecule has 0 spiro atoms. The fourth-order valence-corrected chi connectivity index (χ4v) is 1.78. The average Bonchev–Trinajstić information content (AvgIpc) is 2.79. The summed E-state index contributed by atoms with van der Waals surface area (Å²) in [6.45, 7) is 0. The molecular formula is C10H8N4O2S. The molecule has 0 aliphatic heterocycles. The van der Waals surface area contributed by atoms with Crippen molar-refractivity contribution >= 4 is 28.4 Å². The van der Waals surface area contributed by atoms with Crippen molar-refractivity contribution in [2.45, 2.75) is 0 Å². The highest BCUT2D eigenvalue weighted by Gasteiger charge is 2.07. The van der Waals surface area contributed by atoms with Crippen LogP contribution in [0.3, 0.4) is 0 Å². The Labute approximate surface area is 101 Å². The number of aromatic nitrogens is 1. The Hall–Kier alpha value is -2.28. The molecule has 0 amide bonds. The molecular weight excluding hydrogens is 240 g/mol. The normalized spacial score (nSPS) is 10.6. The van der Waals surface area contributed by atoms with Gasteiger partial charge in [-0.25, -0.2) is 4.98 Å². The molecule has 0 unspecified atom stereocenters. The molecule has 2 rings (SSSR count). The number of nitrogens with zero attached hydrogens (tertiary/aromatic N) is 3. The largest absolute Gasteiger partial charge is 0.324 e. The van der Waals surface area contributed by atoms with Gasteiger partial charge in [0.15, 0.2) is 0 Å². The summed E-state index contributed by atoms with van der Waals surface area (Å²) in [5, 5.41) is 16.2. The highest BCUT2D eigenvalue weighted by molar-refractivity contribution is 7.13. The lowest BCUT2D eigenvalue weighted by Crippen LogP contribution is -1.91. The van der Waals surface area contributed by atoms with Crippen LogP contribution in [0.5, 0.6) is 0 Å². The molecule has 86 valence electrons. The first-order valence-electron chi connectivity index (χ1n) is 4.69. The second-order valence-electron chi connectivity index (χ2n) is 3.06. The van der Waals surface area contributed by atoms with E-state index < -0.39 is 4.92 Å². The number of anilines is 1. The number of nitro groups is 1. The van der Waals surface area contributed by atoms with E-state index >= 15 is 0 Å². The van der Waals surface area contributed by atoms with Crippen LogP contribution in [0.4, 0.5) is 10.8 Å². The fraction of sp³-hybridized carbons (Fsp3) is 0. The summed E-state index contributed by atoms with van der Waals surface area (Å²) in [7, 11) is 0. The van der Waals surface area contributed by atoms with Gasteiger partial charge in [0.2, 0.25) is 0 Å². The topological polar surface area (TPSA) is 80.4 Å². The zero-order valence-electron chi connectivity index (χ0n) is 8.61. The monoisotopic (exact) mass is 248 g/mol. The van der Waals surface area contributed by atoms with Crippen molar-refractivity contribution in [3.8, 4) is 0 Å². The molecule has 0 bridgehead atoms. The van der Waals surface area contributed by atoms with Crippen LogP contribution in [-0.4, -0.2) is 16.1 Å². The molecule has 1 N–H and O–H groups in total. The number of hydrogen-bond donors (Lipinski definition) is 1. The second-order valence-corrected chi connectivity index (χ2v) is 3.95. The van der Waals surface area contributed by atoms with Crippen LogP contribution in [0.1, 0.15) is 5.56 Å². The summed E-state index contributed by atoms with van der Waals surface area (Å²) in [4.78, 5) is 14.0. The minimum absolute atomic E-state index is 0.101. The molecule has 0 aliphatic rings. The van der Waals surface area contributed by atoms with Gasteiger partial charge in [-0.3, -0.25) is 15.5 Å². The highest BCUT2D eigenvalue weighted by atomic mass is 32.1. The van der Waals surface area contributed by atoms with Gasteiger partial charge in [-0.1, -0.05) is 17.4 Å². The maximum absolute atomic E-state index is 10.5. The minimum Gasteiger partial charge on any atom is -0.261 e. The van der Waals surface area contributed by atoms with E-state index in [0.717, 1.165) is 11.3 Å². The van der Waals surface area contributed by atoms with Crippen LogP contribution < -0.4 is 5.43 Å². The molecule has 0 saturated heterocycles. The summed E-state index contributed by atoms with van der Waals surface area (Å²) in [6.07, 6.45) is 3.16. The van der Waals surface area contributed by atoms with Crippen molar-refractivity contribution in [1.29, 1.82) is 0 Å². The number of nitrogens with one attached hydrogen (secondary N) is 1. The zero-order valence-corrected chi connectivity index (χ0v) is 9.42. The molecule has 2 aromatic heterocycles. The summed E-state index contributed by atoms with van der Waals surface area (Å²) in [5.41, 5.74) is 3.41. The van der Waals surface area contributed by atoms with Gasteiger partial charge in [0.1, 0.15) is 5.82 Å². The van der Waals surface area contributed by atoms with Crippen molar-refractivity contribution in [1.82, 2.24) is 4.98 Å².